The summed E-state index contributed by atoms with van der Waals surface area (Å²) in [6.07, 6.45) is 0. The molecule has 2 rings (SSSR count). The monoisotopic (exact) mass is 316 g/mol. The third kappa shape index (κ3) is 2.54. The zero-order valence-electron chi connectivity index (χ0n) is 8.34. The Balaban J connectivity index is 2.58. The topological polar surface area (TPSA) is 25.8 Å². The van der Waals surface area contributed by atoms with Gasteiger partial charge in [-0.25, -0.2) is 9.97 Å². The van der Waals surface area contributed by atoms with Gasteiger partial charge in [-0.3, -0.25) is 0 Å². The summed E-state index contributed by atoms with van der Waals surface area (Å²) in [5, 5.41) is 1.19. The van der Waals surface area contributed by atoms with Crippen LogP contribution in [0.2, 0.25) is 10.0 Å². The molecule has 0 aliphatic rings. The third-order valence-electron chi connectivity index (χ3n) is 2.01. The van der Waals surface area contributed by atoms with Crippen LogP contribution in [0.4, 0.5) is 0 Å². The van der Waals surface area contributed by atoms with Gasteiger partial charge in [-0.1, -0.05) is 23.2 Å². The van der Waals surface area contributed by atoms with E-state index in [2.05, 4.69) is 25.9 Å². The highest BCUT2D eigenvalue weighted by molar-refractivity contribution is 9.10. The Kier molecular flexibility index (Phi) is 3.47. The van der Waals surface area contributed by atoms with Crippen LogP contribution in [0.15, 0.2) is 28.9 Å². The lowest BCUT2D eigenvalue weighted by atomic mass is 10.1. The molecule has 16 heavy (non-hydrogen) atoms. The van der Waals surface area contributed by atoms with Crippen LogP contribution in [0.3, 0.4) is 0 Å². The first-order valence-electron chi connectivity index (χ1n) is 4.53. The zero-order valence-corrected chi connectivity index (χ0v) is 11.4. The van der Waals surface area contributed by atoms with Gasteiger partial charge in [-0.2, -0.15) is 0 Å². The van der Waals surface area contributed by atoms with E-state index >= 15 is 0 Å². The van der Waals surface area contributed by atoms with Crippen LogP contribution in [0.1, 0.15) is 5.82 Å². The van der Waals surface area contributed by atoms with Crippen molar-refractivity contribution >= 4 is 39.1 Å². The predicted molar refractivity (Wildman–Crippen MR) is 69.9 cm³/mol. The molecule has 2 nitrogen and oxygen atoms in total. The summed E-state index contributed by atoms with van der Waals surface area (Å²) in [4.78, 5) is 8.47. The van der Waals surface area contributed by atoms with Crippen molar-refractivity contribution in [3.05, 3.63) is 44.7 Å². The molecule has 0 aliphatic heterocycles. The molecule has 2 aromatic rings. The van der Waals surface area contributed by atoms with Crippen LogP contribution in [-0.4, -0.2) is 9.97 Å². The Bertz CT molecular complexity index is 523. The first kappa shape index (κ1) is 11.8. The number of benzene rings is 1. The number of rotatable bonds is 1. The first-order valence-corrected chi connectivity index (χ1v) is 6.08. The molecule has 0 atom stereocenters. The van der Waals surface area contributed by atoms with Crippen LogP contribution < -0.4 is 0 Å². The van der Waals surface area contributed by atoms with E-state index in [1.807, 2.05) is 19.1 Å². The van der Waals surface area contributed by atoms with Gasteiger partial charge in [0.2, 0.25) is 0 Å². The first-order chi connectivity index (χ1) is 7.56. The quantitative estimate of drug-likeness (QED) is 0.723. The van der Waals surface area contributed by atoms with Crippen molar-refractivity contribution in [2.24, 2.45) is 0 Å². The molecular formula is C11H7BrCl2N2. The molecule has 0 amide bonds. The average Bonchev–Trinajstić information content (AvgIpc) is 2.15. The zero-order chi connectivity index (χ0) is 11.7. The van der Waals surface area contributed by atoms with E-state index in [-0.39, 0.29) is 0 Å². The van der Waals surface area contributed by atoms with Crippen LogP contribution in [-0.2, 0) is 0 Å². The molecule has 0 radical (unpaired) electrons. The highest BCUT2D eigenvalue weighted by Gasteiger charge is 2.07. The van der Waals surface area contributed by atoms with Gasteiger partial charge in [0.15, 0.2) is 0 Å². The second-order valence-electron chi connectivity index (χ2n) is 3.25. The van der Waals surface area contributed by atoms with Gasteiger partial charge in [0.05, 0.1) is 10.7 Å². The van der Waals surface area contributed by atoms with E-state index in [0.717, 1.165) is 15.9 Å². The molecule has 0 N–H and O–H groups in total. The van der Waals surface area contributed by atoms with E-state index in [1.54, 1.807) is 12.1 Å². The smallest absolute Gasteiger partial charge is 0.127 e. The van der Waals surface area contributed by atoms with E-state index < -0.39 is 0 Å². The molecule has 0 fully saturated rings. The minimum Gasteiger partial charge on any atom is -0.233 e. The van der Waals surface area contributed by atoms with Crippen LogP contribution >= 0.6 is 39.1 Å². The Hall–Kier alpha value is -0.640. The van der Waals surface area contributed by atoms with Crippen LogP contribution in [0.25, 0.3) is 11.3 Å². The van der Waals surface area contributed by atoms with E-state index in [1.165, 1.54) is 0 Å². The summed E-state index contributed by atoms with van der Waals surface area (Å²) in [7, 11) is 0. The van der Waals surface area contributed by atoms with E-state index in [4.69, 9.17) is 23.2 Å². The lowest BCUT2D eigenvalue weighted by molar-refractivity contribution is 1.04. The fourth-order valence-electron chi connectivity index (χ4n) is 1.37. The van der Waals surface area contributed by atoms with Gasteiger partial charge in [0, 0.05) is 10.6 Å². The molecule has 1 aromatic heterocycles. The summed E-state index contributed by atoms with van der Waals surface area (Å²) < 4.78 is 0.737. The van der Waals surface area contributed by atoms with Crippen LogP contribution in [0, 0.1) is 6.92 Å². The fourth-order valence-corrected chi connectivity index (χ4v) is 2.35. The molecule has 0 spiro atoms. The maximum absolute atomic E-state index is 6.11. The van der Waals surface area contributed by atoms with Crippen molar-refractivity contribution in [1.82, 2.24) is 9.97 Å². The lowest BCUT2D eigenvalue weighted by Crippen LogP contribution is -1.92. The molecule has 0 saturated heterocycles. The van der Waals surface area contributed by atoms with Crippen molar-refractivity contribution in [1.29, 1.82) is 0 Å². The highest BCUT2D eigenvalue weighted by atomic mass is 79.9. The number of hydrogen-bond acceptors (Lipinski definition) is 2. The Morgan fingerprint density at radius 2 is 1.88 bits per heavy atom. The largest absolute Gasteiger partial charge is 0.233 e. The van der Waals surface area contributed by atoms with Crippen molar-refractivity contribution in [3.63, 3.8) is 0 Å². The summed E-state index contributed by atoms with van der Waals surface area (Å²) in [5.74, 6) is 0.690. The van der Waals surface area contributed by atoms with Gasteiger partial charge in [-0.15, -0.1) is 0 Å². The Labute approximate surface area is 112 Å². The average molecular weight is 318 g/mol. The van der Waals surface area contributed by atoms with Gasteiger partial charge in [0.1, 0.15) is 10.4 Å². The number of nitrogens with zero attached hydrogens (tertiary/aromatic N) is 2. The number of aromatic nitrogens is 2. The molecule has 5 heteroatoms. The van der Waals surface area contributed by atoms with Gasteiger partial charge >= 0.3 is 0 Å². The normalized spacial score (nSPS) is 10.5. The van der Waals surface area contributed by atoms with Crippen LogP contribution in [0.5, 0.6) is 0 Å². The Morgan fingerprint density at radius 1 is 1.12 bits per heavy atom. The maximum Gasteiger partial charge on any atom is 0.127 e. The summed E-state index contributed by atoms with van der Waals surface area (Å²) in [5.41, 5.74) is 1.62. The minimum absolute atomic E-state index is 0.581. The fraction of sp³-hybridized carbons (Fsp3) is 0.0909. The molecule has 1 heterocycles. The second kappa shape index (κ2) is 4.70. The summed E-state index contributed by atoms with van der Waals surface area (Å²) >= 11 is 15.3. The van der Waals surface area contributed by atoms with Gasteiger partial charge < -0.3 is 0 Å². The van der Waals surface area contributed by atoms with Gasteiger partial charge in [0.25, 0.3) is 0 Å². The van der Waals surface area contributed by atoms with Crippen molar-refractivity contribution in [2.75, 3.05) is 0 Å². The highest BCUT2D eigenvalue weighted by Crippen LogP contribution is 2.30. The third-order valence-corrected chi connectivity index (χ3v) is 2.97. The van der Waals surface area contributed by atoms with E-state index in [9.17, 15) is 0 Å². The molecule has 82 valence electrons. The standard InChI is InChI=1S/C11H7BrCl2N2/c1-6-15-10(5-11(12)16-6)8-3-2-7(13)4-9(8)14/h2-5H,1H3. The Morgan fingerprint density at radius 3 is 2.50 bits per heavy atom. The summed E-state index contributed by atoms with van der Waals surface area (Å²) in [6.45, 7) is 1.83. The second-order valence-corrected chi connectivity index (χ2v) is 4.90. The van der Waals surface area contributed by atoms with E-state index in [0.29, 0.717) is 15.9 Å². The van der Waals surface area contributed by atoms with Crippen molar-refractivity contribution in [3.8, 4) is 11.3 Å². The maximum atomic E-state index is 6.11. The molecule has 1 aromatic carbocycles. The molecule has 0 unspecified atom stereocenters. The number of halogens is 3. The number of aryl methyl sites for hydroxylation is 1. The van der Waals surface area contributed by atoms with Gasteiger partial charge in [-0.05, 0) is 47.1 Å². The molecule has 0 bridgehead atoms. The minimum atomic E-state index is 0.581. The predicted octanol–water partition coefficient (Wildman–Crippen LogP) is 4.52. The molecule has 0 aliphatic carbocycles. The lowest BCUT2D eigenvalue weighted by Gasteiger charge is -2.05. The molecule has 0 saturated carbocycles. The molecular weight excluding hydrogens is 311 g/mol. The SMILES string of the molecule is Cc1nc(Br)cc(-c2ccc(Cl)cc2Cl)n1. The number of hydrogen-bond donors (Lipinski definition) is 0. The van der Waals surface area contributed by atoms with Crippen molar-refractivity contribution in [2.45, 2.75) is 6.92 Å². The summed E-state index contributed by atoms with van der Waals surface area (Å²) in [6, 6.07) is 7.15. The van der Waals surface area contributed by atoms with Crippen molar-refractivity contribution < 1.29 is 0 Å².